The summed E-state index contributed by atoms with van der Waals surface area (Å²) in [4.78, 5) is 13.8. The van der Waals surface area contributed by atoms with Crippen LogP contribution in [0.5, 0.6) is 0 Å². The van der Waals surface area contributed by atoms with Crippen LogP contribution in [-0.4, -0.2) is 21.5 Å². The van der Waals surface area contributed by atoms with Gasteiger partial charge in [-0.1, -0.05) is 26.8 Å². The Morgan fingerprint density at radius 2 is 1.90 bits per heavy atom. The average molecular weight is 270 g/mol. The van der Waals surface area contributed by atoms with Crippen LogP contribution >= 0.6 is 0 Å². The third-order valence-electron chi connectivity index (χ3n) is 3.07. The summed E-state index contributed by atoms with van der Waals surface area (Å²) in [7, 11) is 0. The van der Waals surface area contributed by atoms with E-state index in [1.165, 1.54) is 0 Å². The maximum absolute atomic E-state index is 4.74. The Labute approximate surface area is 120 Å². The summed E-state index contributed by atoms with van der Waals surface area (Å²) >= 11 is 0. The van der Waals surface area contributed by atoms with Crippen LogP contribution in [-0.2, 0) is 5.41 Å². The summed E-state index contributed by atoms with van der Waals surface area (Å²) in [6.07, 6.45) is 1.79. The molecule has 0 atom stereocenters. The fraction of sp³-hybridized carbons (Fsp3) is 0.438. The topological polar surface area (TPSA) is 50.7 Å². The van der Waals surface area contributed by atoms with Crippen LogP contribution in [0, 0.1) is 6.92 Å². The molecule has 2 rings (SSSR count). The van der Waals surface area contributed by atoms with Crippen molar-refractivity contribution in [3.8, 4) is 11.4 Å². The van der Waals surface area contributed by atoms with Crippen molar-refractivity contribution in [1.29, 1.82) is 0 Å². The molecule has 0 saturated carbocycles. The quantitative estimate of drug-likeness (QED) is 0.926. The first-order chi connectivity index (χ1) is 9.43. The minimum atomic E-state index is -0.0958. The molecule has 0 amide bonds. The number of hydrogen-bond donors (Lipinski definition) is 1. The van der Waals surface area contributed by atoms with Crippen LogP contribution < -0.4 is 5.32 Å². The number of rotatable bonds is 3. The van der Waals surface area contributed by atoms with E-state index in [-0.39, 0.29) is 5.41 Å². The Morgan fingerprint density at radius 3 is 2.45 bits per heavy atom. The zero-order chi connectivity index (χ0) is 14.8. The molecule has 0 unspecified atom stereocenters. The summed E-state index contributed by atoms with van der Waals surface area (Å²) in [5.74, 6) is 1.73. The van der Waals surface area contributed by atoms with Crippen LogP contribution in [0.3, 0.4) is 0 Å². The molecular weight excluding hydrogens is 248 g/mol. The van der Waals surface area contributed by atoms with Gasteiger partial charge in [-0.05, 0) is 26.0 Å². The fourth-order valence-electron chi connectivity index (χ4n) is 1.94. The van der Waals surface area contributed by atoms with Gasteiger partial charge in [-0.3, -0.25) is 4.98 Å². The van der Waals surface area contributed by atoms with E-state index in [0.717, 1.165) is 35.1 Å². The van der Waals surface area contributed by atoms with Crippen LogP contribution in [0.2, 0.25) is 0 Å². The highest BCUT2D eigenvalue weighted by molar-refractivity contribution is 5.65. The van der Waals surface area contributed by atoms with Gasteiger partial charge >= 0.3 is 0 Å². The Kier molecular flexibility index (Phi) is 4.02. The van der Waals surface area contributed by atoms with Crippen LogP contribution in [0.4, 0.5) is 5.82 Å². The lowest BCUT2D eigenvalue weighted by Gasteiger charge is -2.20. The molecule has 0 aromatic carbocycles. The highest BCUT2D eigenvalue weighted by Crippen LogP contribution is 2.28. The fourth-order valence-corrected chi connectivity index (χ4v) is 1.94. The smallest absolute Gasteiger partial charge is 0.136 e. The highest BCUT2D eigenvalue weighted by atomic mass is 15.0. The number of nitrogens with one attached hydrogen (secondary N) is 1. The van der Waals surface area contributed by atoms with E-state index in [2.05, 4.69) is 43.0 Å². The Balaban J connectivity index is 2.64. The summed E-state index contributed by atoms with van der Waals surface area (Å²) in [5.41, 5.74) is 2.73. The summed E-state index contributed by atoms with van der Waals surface area (Å²) in [6, 6.07) is 5.88. The minimum Gasteiger partial charge on any atom is -0.370 e. The number of aromatic nitrogens is 3. The first-order valence-electron chi connectivity index (χ1n) is 6.98. The average Bonchev–Trinajstić information content (AvgIpc) is 2.41. The molecule has 0 radical (unpaired) electrons. The monoisotopic (exact) mass is 270 g/mol. The lowest BCUT2D eigenvalue weighted by molar-refractivity contribution is 0.546. The molecule has 2 aromatic rings. The third-order valence-corrected chi connectivity index (χ3v) is 3.07. The second kappa shape index (κ2) is 5.57. The predicted octanol–water partition coefficient (Wildman–Crippen LogP) is 3.58. The van der Waals surface area contributed by atoms with Crippen molar-refractivity contribution in [2.45, 2.75) is 40.0 Å². The molecule has 0 saturated heterocycles. The Bertz CT molecular complexity index is 585. The maximum atomic E-state index is 4.74. The second-order valence-electron chi connectivity index (χ2n) is 5.86. The van der Waals surface area contributed by atoms with E-state index in [9.17, 15) is 0 Å². The summed E-state index contributed by atoms with van der Waals surface area (Å²) in [5, 5.41) is 3.32. The van der Waals surface area contributed by atoms with E-state index < -0.39 is 0 Å². The van der Waals surface area contributed by atoms with Gasteiger partial charge in [-0.15, -0.1) is 0 Å². The van der Waals surface area contributed by atoms with Gasteiger partial charge in [0.25, 0.3) is 0 Å². The van der Waals surface area contributed by atoms with Gasteiger partial charge in [0.1, 0.15) is 11.6 Å². The molecule has 2 heterocycles. The molecule has 2 aromatic heterocycles. The molecule has 106 valence electrons. The van der Waals surface area contributed by atoms with E-state index in [1.807, 2.05) is 25.1 Å². The number of pyridine rings is 1. The highest BCUT2D eigenvalue weighted by Gasteiger charge is 2.21. The molecule has 0 aliphatic rings. The third kappa shape index (κ3) is 2.95. The molecule has 4 nitrogen and oxygen atoms in total. The van der Waals surface area contributed by atoms with Gasteiger partial charge in [-0.2, -0.15) is 0 Å². The van der Waals surface area contributed by atoms with E-state index in [1.54, 1.807) is 6.20 Å². The molecule has 0 spiro atoms. The van der Waals surface area contributed by atoms with E-state index in [4.69, 9.17) is 4.98 Å². The van der Waals surface area contributed by atoms with Crippen LogP contribution in [0.15, 0.2) is 24.4 Å². The molecule has 0 aliphatic heterocycles. The first kappa shape index (κ1) is 14.4. The van der Waals surface area contributed by atoms with Gasteiger partial charge in [0.15, 0.2) is 0 Å². The molecule has 0 fully saturated rings. The van der Waals surface area contributed by atoms with Gasteiger partial charge < -0.3 is 5.32 Å². The number of anilines is 1. The van der Waals surface area contributed by atoms with Crippen molar-refractivity contribution < 1.29 is 0 Å². The van der Waals surface area contributed by atoms with Crippen molar-refractivity contribution in [2.24, 2.45) is 0 Å². The van der Waals surface area contributed by atoms with Crippen LogP contribution in [0.25, 0.3) is 11.4 Å². The standard InChI is InChI=1S/C16H22N4/c1-6-17-14-11(2)13(12-9-7-8-10-18-12)19-15(20-14)16(3,4)5/h7-10H,6H2,1-5H3,(H,17,19,20). The van der Waals surface area contributed by atoms with Crippen molar-refractivity contribution in [3.05, 3.63) is 35.8 Å². The van der Waals surface area contributed by atoms with Crippen LogP contribution in [0.1, 0.15) is 39.1 Å². The molecule has 4 heteroatoms. The number of nitrogens with zero attached hydrogens (tertiary/aromatic N) is 3. The molecule has 20 heavy (non-hydrogen) atoms. The van der Waals surface area contributed by atoms with E-state index >= 15 is 0 Å². The van der Waals surface area contributed by atoms with Crippen molar-refractivity contribution in [2.75, 3.05) is 11.9 Å². The van der Waals surface area contributed by atoms with Gasteiger partial charge in [0, 0.05) is 23.7 Å². The zero-order valence-corrected chi connectivity index (χ0v) is 12.9. The lowest BCUT2D eigenvalue weighted by atomic mass is 9.95. The lowest BCUT2D eigenvalue weighted by Crippen LogP contribution is -2.19. The van der Waals surface area contributed by atoms with Gasteiger partial charge in [0.2, 0.25) is 0 Å². The number of hydrogen-bond acceptors (Lipinski definition) is 4. The minimum absolute atomic E-state index is 0.0958. The predicted molar refractivity (Wildman–Crippen MR) is 82.9 cm³/mol. The van der Waals surface area contributed by atoms with Gasteiger partial charge in [0.05, 0.1) is 11.4 Å². The van der Waals surface area contributed by atoms with Crippen molar-refractivity contribution in [3.63, 3.8) is 0 Å². The van der Waals surface area contributed by atoms with Crippen molar-refractivity contribution >= 4 is 5.82 Å². The molecular formula is C16H22N4. The SMILES string of the molecule is CCNc1nc(C(C)(C)C)nc(-c2ccccn2)c1C. The molecule has 1 N–H and O–H groups in total. The summed E-state index contributed by atoms with van der Waals surface area (Å²) < 4.78 is 0. The second-order valence-corrected chi connectivity index (χ2v) is 5.86. The Morgan fingerprint density at radius 1 is 1.15 bits per heavy atom. The maximum Gasteiger partial charge on any atom is 0.136 e. The normalized spacial score (nSPS) is 11.4. The largest absolute Gasteiger partial charge is 0.370 e. The molecule has 0 bridgehead atoms. The Hall–Kier alpha value is -1.97. The van der Waals surface area contributed by atoms with Gasteiger partial charge in [-0.25, -0.2) is 9.97 Å². The first-order valence-corrected chi connectivity index (χ1v) is 6.98. The van der Waals surface area contributed by atoms with E-state index in [0.29, 0.717) is 0 Å². The summed E-state index contributed by atoms with van der Waals surface area (Å²) in [6.45, 7) is 11.3. The zero-order valence-electron chi connectivity index (χ0n) is 12.9. The van der Waals surface area contributed by atoms with Crippen molar-refractivity contribution in [1.82, 2.24) is 15.0 Å². The molecule has 0 aliphatic carbocycles.